The van der Waals surface area contributed by atoms with Gasteiger partial charge in [0.25, 0.3) is 0 Å². The second-order valence-corrected chi connectivity index (χ2v) is 7.14. The van der Waals surface area contributed by atoms with Crippen LogP contribution in [0.3, 0.4) is 0 Å². The van der Waals surface area contributed by atoms with Crippen LogP contribution in [-0.2, 0) is 6.54 Å². The molecule has 4 rings (SSSR count). The van der Waals surface area contributed by atoms with Crippen molar-refractivity contribution in [3.8, 4) is 11.3 Å². The molecule has 0 spiro atoms. The van der Waals surface area contributed by atoms with Gasteiger partial charge in [-0.15, -0.1) is 11.3 Å². The lowest BCUT2D eigenvalue weighted by Gasteiger charge is -2.10. The zero-order valence-electron chi connectivity index (χ0n) is 15.0. The molecule has 1 aromatic heterocycles. The van der Waals surface area contributed by atoms with Gasteiger partial charge in [0.15, 0.2) is 4.80 Å². The molecule has 3 aromatic carbocycles. The zero-order chi connectivity index (χ0) is 19.3. The molecular weight excluding hydrogens is 368 g/mol. The lowest BCUT2D eigenvalue weighted by molar-refractivity contribution is 0.0697. The van der Waals surface area contributed by atoms with Gasteiger partial charge in [0.05, 0.1) is 23.5 Å². The summed E-state index contributed by atoms with van der Waals surface area (Å²) in [6.45, 7) is 0.610. The number of carboxylic acid groups (broad SMARTS) is 1. The van der Waals surface area contributed by atoms with Crippen molar-refractivity contribution in [2.75, 3.05) is 0 Å². The van der Waals surface area contributed by atoms with Crippen molar-refractivity contribution >= 4 is 23.0 Å². The average Bonchev–Trinajstić information content (AvgIpc) is 3.12. The van der Waals surface area contributed by atoms with Crippen LogP contribution >= 0.6 is 11.3 Å². The van der Waals surface area contributed by atoms with E-state index in [2.05, 4.69) is 22.1 Å². The number of aromatic nitrogens is 1. The summed E-state index contributed by atoms with van der Waals surface area (Å²) in [6, 6.07) is 27.1. The lowest BCUT2D eigenvalue weighted by Crippen LogP contribution is -2.16. The highest BCUT2D eigenvalue weighted by Crippen LogP contribution is 2.22. The lowest BCUT2D eigenvalue weighted by atomic mass is 10.1. The highest BCUT2D eigenvalue weighted by atomic mass is 32.1. The predicted molar refractivity (Wildman–Crippen MR) is 112 cm³/mol. The molecule has 0 aliphatic carbocycles. The Bertz CT molecular complexity index is 1140. The second-order valence-electron chi connectivity index (χ2n) is 6.31. The fourth-order valence-corrected chi connectivity index (χ4v) is 3.89. The summed E-state index contributed by atoms with van der Waals surface area (Å²) in [5, 5.41) is 11.2. The van der Waals surface area contributed by atoms with E-state index in [0.29, 0.717) is 6.54 Å². The van der Waals surface area contributed by atoms with Gasteiger partial charge >= 0.3 is 5.97 Å². The van der Waals surface area contributed by atoms with Crippen LogP contribution in [0, 0.1) is 0 Å². The molecule has 0 atom stereocenters. The summed E-state index contributed by atoms with van der Waals surface area (Å²) in [4.78, 5) is 16.8. The molecule has 1 N–H and O–H groups in total. The molecule has 28 heavy (non-hydrogen) atoms. The molecular formula is C23H18N2O2S. The number of aromatic carboxylic acids is 1. The van der Waals surface area contributed by atoms with E-state index in [9.17, 15) is 4.79 Å². The molecule has 4 nitrogen and oxygen atoms in total. The number of para-hydroxylation sites is 1. The van der Waals surface area contributed by atoms with Crippen LogP contribution < -0.4 is 4.80 Å². The third kappa shape index (κ3) is 3.94. The Morgan fingerprint density at radius 2 is 1.54 bits per heavy atom. The van der Waals surface area contributed by atoms with Crippen molar-refractivity contribution in [1.82, 2.24) is 4.57 Å². The number of rotatable bonds is 5. The summed E-state index contributed by atoms with van der Waals surface area (Å²) in [6.07, 6.45) is 0. The summed E-state index contributed by atoms with van der Waals surface area (Å²) < 4.78 is 2.17. The third-order valence-corrected chi connectivity index (χ3v) is 5.25. The first-order valence-electron chi connectivity index (χ1n) is 8.86. The van der Waals surface area contributed by atoms with Crippen LogP contribution in [0.5, 0.6) is 0 Å². The smallest absolute Gasteiger partial charge is 0.335 e. The number of hydrogen-bond acceptors (Lipinski definition) is 3. The van der Waals surface area contributed by atoms with E-state index >= 15 is 0 Å². The van der Waals surface area contributed by atoms with Crippen molar-refractivity contribution in [3.05, 3.63) is 106 Å². The van der Waals surface area contributed by atoms with Crippen molar-refractivity contribution < 1.29 is 9.90 Å². The van der Waals surface area contributed by atoms with Crippen LogP contribution in [-0.4, -0.2) is 15.6 Å². The fraction of sp³-hybridized carbons (Fsp3) is 0.0435. The van der Waals surface area contributed by atoms with Crippen LogP contribution in [0.1, 0.15) is 15.9 Å². The quantitative estimate of drug-likeness (QED) is 0.513. The first-order valence-corrected chi connectivity index (χ1v) is 9.74. The minimum absolute atomic E-state index is 0.288. The minimum Gasteiger partial charge on any atom is -0.478 e. The number of nitrogens with zero attached hydrogens (tertiary/aromatic N) is 2. The summed E-state index contributed by atoms with van der Waals surface area (Å²) >= 11 is 1.60. The highest BCUT2D eigenvalue weighted by Gasteiger charge is 2.10. The van der Waals surface area contributed by atoms with Crippen LogP contribution in [0.15, 0.2) is 95.3 Å². The Morgan fingerprint density at radius 3 is 2.18 bits per heavy atom. The maximum Gasteiger partial charge on any atom is 0.335 e. The molecule has 0 aliphatic rings. The molecule has 4 aromatic rings. The van der Waals surface area contributed by atoms with Gasteiger partial charge in [0.2, 0.25) is 0 Å². The topological polar surface area (TPSA) is 54.6 Å². The molecule has 0 unspecified atom stereocenters. The van der Waals surface area contributed by atoms with Crippen LogP contribution in [0.2, 0.25) is 0 Å². The largest absolute Gasteiger partial charge is 0.478 e. The van der Waals surface area contributed by atoms with Crippen molar-refractivity contribution in [2.24, 2.45) is 4.99 Å². The molecule has 0 saturated heterocycles. The number of hydrogen-bond donors (Lipinski definition) is 1. The Balaban J connectivity index is 1.79. The van der Waals surface area contributed by atoms with Crippen molar-refractivity contribution in [1.29, 1.82) is 0 Å². The first kappa shape index (κ1) is 17.9. The first-order chi connectivity index (χ1) is 13.7. The van der Waals surface area contributed by atoms with Gasteiger partial charge < -0.3 is 9.67 Å². The van der Waals surface area contributed by atoms with Gasteiger partial charge in [-0.25, -0.2) is 9.79 Å². The predicted octanol–water partition coefficient (Wildman–Crippen LogP) is 5.20. The monoisotopic (exact) mass is 386 g/mol. The summed E-state index contributed by atoms with van der Waals surface area (Å²) in [5.74, 6) is -0.917. The maximum absolute atomic E-state index is 11.1. The molecule has 0 amide bonds. The van der Waals surface area contributed by atoms with E-state index < -0.39 is 5.97 Å². The second kappa shape index (κ2) is 8.06. The van der Waals surface area contributed by atoms with Crippen LogP contribution in [0.4, 0.5) is 5.69 Å². The van der Waals surface area contributed by atoms with Gasteiger partial charge in [-0.2, -0.15) is 0 Å². The van der Waals surface area contributed by atoms with Crippen LogP contribution in [0.25, 0.3) is 11.3 Å². The zero-order valence-corrected chi connectivity index (χ0v) is 15.8. The summed E-state index contributed by atoms with van der Waals surface area (Å²) in [5.41, 5.74) is 4.42. The van der Waals surface area contributed by atoms with Gasteiger partial charge in [-0.3, -0.25) is 0 Å². The number of carbonyl (C=O) groups is 1. The van der Waals surface area contributed by atoms with Gasteiger partial charge in [0.1, 0.15) is 0 Å². The average molecular weight is 386 g/mol. The fourth-order valence-electron chi connectivity index (χ4n) is 2.96. The van der Waals surface area contributed by atoms with Crippen molar-refractivity contribution in [3.63, 3.8) is 0 Å². The maximum atomic E-state index is 11.1. The summed E-state index contributed by atoms with van der Waals surface area (Å²) in [7, 11) is 0. The van der Waals surface area contributed by atoms with Gasteiger partial charge in [0, 0.05) is 5.38 Å². The number of thiazole rings is 1. The molecule has 1 heterocycles. The van der Waals surface area contributed by atoms with E-state index in [1.807, 2.05) is 60.7 Å². The van der Waals surface area contributed by atoms with E-state index in [0.717, 1.165) is 27.3 Å². The van der Waals surface area contributed by atoms with E-state index in [-0.39, 0.29) is 5.56 Å². The highest BCUT2D eigenvalue weighted by molar-refractivity contribution is 7.07. The SMILES string of the molecule is O=C(O)c1ccc(Cn2c(-c3ccccc3)csc2=Nc2ccccc2)cc1. The number of carboxylic acids is 1. The van der Waals surface area contributed by atoms with Gasteiger partial charge in [-0.05, 0) is 35.4 Å². The minimum atomic E-state index is -0.917. The molecule has 138 valence electrons. The molecule has 0 saturated carbocycles. The Labute approximate surface area is 166 Å². The molecule has 0 aliphatic heterocycles. The standard InChI is InChI=1S/C23H18N2O2S/c26-22(27)19-13-11-17(12-14-19)15-25-21(18-7-3-1-4-8-18)16-28-23(25)24-20-9-5-2-6-10-20/h1-14,16H,15H2,(H,26,27). The van der Waals surface area contributed by atoms with E-state index in [4.69, 9.17) is 10.1 Å². The van der Waals surface area contributed by atoms with E-state index in [1.165, 1.54) is 0 Å². The third-order valence-electron chi connectivity index (χ3n) is 4.39. The molecule has 0 radical (unpaired) electrons. The Kier molecular flexibility index (Phi) is 5.17. The normalized spacial score (nSPS) is 11.5. The molecule has 5 heteroatoms. The number of benzene rings is 3. The van der Waals surface area contributed by atoms with Gasteiger partial charge in [-0.1, -0.05) is 60.7 Å². The molecule has 0 fully saturated rings. The van der Waals surface area contributed by atoms with Crippen molar-refractivity contribution in [2.45, 2.75) is 6.54 Å². The van der Waals surface area contributed by atoms with E-state index in [1.54, 1.807) is 23.5 Å². The Hall–Kier alpha value is -3.44. The Morgan fingerprint density at radius 1 is 0.893 bits per heavy atom. The molecule has 0 bridgehead atoms.